The van der Waals surface area contributed by atoms with E-state index in [4.69, 9.17) is 0 Å². The Kier molecular flexibility index (Phi) is 7.84. The summed E-state index contributed by atoms with van der Waals surface area (Å²) in [6.07, 6.45) is 2.15. The first-order valence-electron chi connectivity index (χ1n) is 10.3. The predicted molar refractivity (Wildman–Crippen MR) is 121 cm³/mol. The Balaban J connectivity index is 1.44. The third-order valence-corrected chi connectivity index (χ3v) is 6.79. The summed E-state index contributed by atoms with van der Waals surface area (Å²) in [4.78, 5) is 7.08. The van der Waals surface area contributed by atoms with Crippen LogP contribution in [0.25, 0.3) is 0 Å². The summed E-state index contributed by atoms with van der Waals surface area (Å²) < 4.78 is 25.9. The Bertz CT molecular complexity index is 922. The van der Waals surface area contributed by atoms with Crippen molar-refractivity contribution in [3.63, 3.8) is 0 Å². The van der Waals surface area contributed by atoms with Crippen molar-refractivity contribution in [3.05, 3.63) is 65.7 Å². The van der Waals surface area contributed by atoms with Crippen LogP contribution in [0.2, 0.25) is 0 Å². The van der Waals surface area contributed by atoms with E-state index in [9.17, 15) is 8.42 Å². The molecule has 7 nitrogen and oxygen atoms in total. The number of benzene rings is 2. The summed E-state index contributed by atoms with van der Waals surface area (Å²) in [5.74, 6) is 0.767. The average Bonchev–Trinajstić information content (AvgIpc) is 2.78. The van der Waals surface area contributed by atoms with E-state index in [0.29, 0.717) is 12.6 Å². The quantitative estimate of drug-likeness (QED) is 0.463. The third-order valence-electron chi connectivity index (χ3n) is 5.36. The van der Waals surface area contributed by atoms with Crippen LogP contribution < -0.4 is 15.4 Å². The summed E-state index contributed by atoms with van der Waals surface area (Å²) in [6.45, 7) is 3.70. The van der Waals surface area contributed by atoms with E-state index in [1.165, 1.54) is 12.6 Å². The number of nitrogens with zero attached hydrogens (tertiary/aromatic N) is 2. The number of hydrogen-bond donors (Lipinski definition) is 3. The van der Waals surface area contributed by atoms with Crippen LogP contribution in [0.1, 0.15) is 24.0 Å². The molecule has 0 bridgehead atoms. The van der Waals surface area contributed by atoms with Crippen molar-refractivity contribution in [1.29, 1.82) is 0 Å². The number of nitrogens with one attached hydrogen (secondary N) is 3. The van der Waals surface area contributed by atoms with Crippen molar-refractivity contribution in [3.8, 4) is 0 Å². The second-order valence-electron chi connectivity index (χ2n) is 7.46. The fraction of sp³-hybridized carbons (Fsp3) is 0.409. The maximum Gasteiger partial charge on any atom is 0.240 e. The standard InChI is InChI=1S/C22H31N5O2S/c1-23-22(25-16-18-8-10-21(11-9-18)30(28,29)24-2)26-20-12-14-27(15-13-20)17-19-6-4-3-5-7-19/h3-11,20,24H,12-17H2,1-2H3,(H2,23,25,26). The van der Waals surface area contributed by atoms with Crippen LogP contribution in [0, 0.1) is 0 Å². The van der Waals surface area contributed by atoms with Gasteiger partial charge >= 0.3 is 0 Å². The summed E-state index contributed by atoms with van der Waals surface area (Å²) in [7, 11) is -0.229. The van der Waals surface area contributed by atoms with Crippen molar-refractivity contribution < 1.29 is 8.42 Å². The molecule has 1 heterocycles. The molecule has 1 aliphatic rings. The van der Waals surface area contributed by atoms with Gasteiger partial charge in [-0.05, 0) is 43.1 Å². The van der Waals surface area contributed by atoms with E-state index >= 15 is 0 Å². The van der Waals surface area contributed by atoms with Crippen molar-refractivity contribution in [2.24, 2.45) is 4.99 Å². The first-order valence-corrected chi connectivity index (χ1v) is 11.7. The molecule has 0 radical (unpaired) electrons. The lowest BCUT2D eigenvalue weighted by molar-refractivity contribution is 0.198. The van der Waals surface area contributed by atoms with Crippen LogP contribution in [-0.4, -0.2) is 52.5 Å². The molecule has 8 heteroatoms. The highest BCUT2D eigenvalue weighted by atomic mass is 32.2. The number of rotatable bonds is 7. The van der Waals surface area contributed by atoms with E-state index in [1.807, 2.05) is 12.1 Å². The number of likely N-dealkylation sites (tertiary alicyclic amines) is 1. The van der Waals surface area contributed by atoms with Gasteiger partial charge in [-0.15, -0.1) is 0 Å². The van der Waals surface area contributed by atoms with Gasteiger partial charge in [0.1, 0.15) is 0 Å². The van der Waals surface area contributed by atoms with Gasteiger partial charge in [0.25, 0.3) is 0 Å². The molecule has 2 aromatic carbocycles. The molecule has 1 saturated heterocycles. The van der Waals surface area contributed by atoms with Crippen molar-refractivity contribution in [2.45, 2.75) is 36.9 Å². The maximum atomic E-state index is 11.8. The predicted octanol–water partition coefficient (Wildman–Crippen LogP) is 1.92. The van der Waals surface area contributed by atoms with Crippen LogP contribution >= 0.6 is 0 Å². The largest absolute Gasteiger partial charge is 0.354 e. The first kappa shape index (κ1) is 22.3. The zero-order valence-electron chi connectivity index (χ0n) is 17.6. The van der Waals surface area contributed by atoms with Gasteiger partial charge in [0.05, 0.1) is 4.90 Å². The van der Waals surface area contributed by atoms with Crippen LogP contribution in [-0.2, 0) is 23.1 Å². The Morgan fingerprint density at radius 2 is 1.70 bits per heavy atom. The molecule has 3 rings (SSSR count). The molecule has 0 amide bonds. The Morgan fingerprint density at radius 1 is 1.03 bits per heavy atom. The SMILES string of the molecule is CN=C(NCc1ccc(S(=O)(=O)NC)cc1)NC1CCN(Cc2ccccc2)CC1. The zero-order valence-corrected chi connectivity index (χ0v) is 18.5. The lowest BCUT2D eigenvalue weighted by Crippen LogP contribution is -2.48. The molecule has 162 valence electrons. The molecule has 1 aliphatic heterocycles. The minimum atomic E-state index is -3.41. The average molecular weight is 430 g/mol. The number of piperidine rings is 1. The summed E-state index contributed by atoms with van der Waals surface area (Å²) >= 11 is 0. The number of sulfonamides is 1. The van der Waals surface area contributed by atoms with E-state index in [1.54, 1.807) is 19.2 Å². The highest BCUT2D eigenvalue weighted by Crippen LogP contribution is 2.14. The molecule has 3 N–H and O–H groups in total. The van der Waals surface area contributed by atoms with Gasteiger partial charge in [-0.1, -0.05) is 42.5 Å². The monoisotopic (exact) mass is 429 g/mol. The van der Waals surface area contributed by atoms with Gasteiger partial charge in [0.15, 0.2) is 5.96 Å². The molecule has 0 aliphatic carbocycles. The molecule has 0 unspecified atom stereocenters. The normalized spacial score (nSPS) is 16.4. The van der Waals surface area contributed by atoms with Gasteiger partial charge in [-0.2, -0.15) is 0 Å². The Hall–Kier alpha value is -2.42. The summed E-state index contributed by atoms with van der Waals surface area (Å²) in [6, 6.07) is 17.8. The van der Waals surface area contributed by atoms with E-state index in [0.717, 1.165) is 44.0 Å². The Labute approximate surface area is 179 Å². The smallest absolute Gasteiger partial charge is 0.240 e. The lowest BCUT2D eigenvalue weighted by Gasteiger charge is -2.33. The molecule has 1 fully saturated rings. The molecule has 0 saturated carbocycles. The van der Waals surface area contributed by atoms with Crippen molar-refractivity contribution in [2.75, 3.05) is 27.2 Å². The van der Waals surface area contributed by atoms with E-state index < -0.39 is 10.0 Å². The minimum absolute atomic E-state index is 0.263. The number of aliphatic imine (C=N–C) groups is 1. The fourth-order valence-electron chi connectivity index (χ4n) is 3.56. The van der Waals surface area contributed by atoms with Gasteiger partial charge in [0, 0.05) is 39.3 Å². The van der Waals surface area contributed by atoms with Crippen molar-refractivity contribution in [1.82, 2.24) is 20.3 Å². The number of hydrogen-bond acceptors (Lipinski definition) is 4. The van der Waals surface area contributed by atoms with Crippen LogP contribution in [0.4, 0.5) is 0 Å². The van der Waals surface area contributed by atoms with E-state index in [-0.39, 0.29) is 4.90 Å². The van der Waals surface area contributed by atoms with Crippen LogP contribution in [0.3, 0.4) is 0 Å². The van der Waals surface area contributed by atoms with Crippen molar-refractivity contribution >= 4 is 16.0 Å². The van der Waals surface area contributed by atoms with Gasteiger partial charge in [-0.25, -0.2) is 13.1 Å². The summed E-state index contributed by atoms with van der Waals surface area (Å²) in [5, 5.41) is 6.83. The van der Waals surface area contributed by atoms with Crippen LogP contribution in [0.15, 0.2) is 64.5 Å². The topological polar surface area (TPSA) is 85.8 Å². The van der Waals surface area contributed by atoms with Gasteiger partial charge in [-0.3, -0.25) is 9.89 Å². The molecule has 0 spiro atoms. The van der Waals surface area contributed by atoms with Crippen LogP contribution in [0.5, 0.6) is 0 Å². The highest BCUT2D eigenvalue weighted by molar-refractivity contribution is 7.89. The minimum Gasteiger partial charge on any atom is -0.354 e. The molecular formula is C22H31N5O2S. The fourth-order valence-corrected chi connectivity index (χ4v) is 4.29. The Morgan fingerprint density at radius 3 is 2.30 bits per heavy atom. The number of guanidine groups is 1. The summed E-state index contributed by atoms with van der Waals surface area (Å²) in [5.41, 5.74) is 2.35. The molecule has 30 heavy (non-hydrogen) atoms. The molecule has 0 aromatic heterocycles. The third kappa shape index (κ3) is 6.29. The highest BCUT2D eigenvalue weighted by Gasteiger charge is 2.20. The lowest BCUT2D eigenvalue weighted by atomic mass is 10.0. The van der Waals surface area contributed by atoms with Gasteiger partial charge < -0.3 is 10.6 Å². The molecule has 2 aromatic rings. The maximum absolute atomic E-state index is 11.8. The second-order valence-corrected chi connectivity index (χ2v) is 9.34. The van der Waals surface area contributed by atoms with Gasteiger partial charge in [0.2, 0.25) is 10.0 Å². The molecular weight excluding hydrogens is 398 g/mol. The first-order chi connectivity index (χ1) is 14.5. The molecule has 0 atom stereocenters. The van der Waals surface area contributed by atoms with E-state index in [2.05, 4.69) is 55.6 Å². The zero-order chi connectivity index (χ0) is 21.4. The second kappa shape index (κ2) is 10.6.